The number of ketones is 1. The third-order valence-electron chi connectivity index (χ3n) is 3.06. The zero-order chi connectivity index (χ0) is 12.4. The molecule has 1 atom stereocenters. The smallest absolute Gasteiger partial charge is 0.181 e. The van der Waals surface area contributed by atoms with Crippen LogP contribution >= 0.6 is 0 Å². The number of Topliss-reactive ketones (excluding diaryl/α,β-unsaturated/α-hetero) is 1. The fourth-order valence-corrected chi connectivity index (χ4v) is 3.29. The summed E-state index contributed by atoms with van der Waals surface area (Å²) in [5, 5.41) is 0. The SMILES string of the molecule is CC[S+]([O-])c1cc(C)nc2c1CCCCC2=O. The Bertz CT molecular complexity index is 445. The molecule has 3 nitrogen and oxygen atoms in total. The van der Waals surface area contributed by atoms with Gasteiger partial charge in [-0.1, -0.05) is 0 Å². The molecule has 2 rings (SSSR count). The molecule has 0 spiro atoms. The van der Waals surface area contributed by atoms with E-state index in [0.717, 1.165) is 35.4 Å². The maximum absolute atomic E-state index is 12.0. The summed E-state index contributed by atoms with van der Waals surface area (Å²) in [6.45, 7) is 3.76. The Labute approximate surface area is 105 Å². The van der Waals surface area contributed by atoms with Gasteiger partial charge in [-0.05, 0) is 44.3 Å². The molecule has 0 aliphatic heterocycles. The molecule has 0 N–H and O–H groups in total. The van der Waals surface area contributed by atoms with Gasteiger partial charge in [0.25, 0.3) is 0 Å². The van der Waals surface area contributed by atoms with Crippen LogP contribution < -0.4 is 0 Å². The van der Waals surface area contributed by atoms with E-state index < -0.39 is 11.2 Å². The second kappa shape index (κ2) is 5.19. The van der Waals surface area contributed by atoms with Gasteiger partial charge in [0.1, 0.15) is 11.4 Å². The highest BCUT2D eigenvalue weighted by Gasteiger charge is 2.25. The van der Waals surface area contributed by atoms with E-state index in [1.807, 2.05) is 19.9 Å². The van der Waals surface area contributed by atoms with Crippen LogP contribution in [0, 0.1) is 6.92 Å². The number of pyridine rings is 1. The highest BCUT2D eigenvalue weighted by atomic mass is 32.2. The molecule has 1 unspecified atom stereocenters. The highest BCUT2D eigenvalue weighted by molar-refractivity contribution is 7.91. The third-order valence-corrected chi connectivity index (χ3v) is 4.44. The van der Waals surface area contributed by atoms with E-state index in [1.165, 1.54) is 0 Å². The number of aryl methyl sites for hydroxylation is 1. The Kier molecular flexibility index (Phi) is 3.84. The quantitative estimate of drug-likeness (QED) is 0.599. The Morgan fingerprint density at radius 1 is 1.41 bits per heavy atom. The summed E-state index contributed by atoms with van der Waals surface area (Å²) < 4.78 is 12.0. The van der Waals surface area contributed by atoms with Crippen molar-refractivity contribution in [2.75, 3.05) is 5.75 Å². The van der Waals surface area contributed by atoms with E-state index in [-0.39, 0.29) is 5.78 Å². The number of carbonyl (C=O) groups excluding carboxylic acids is 1. The Morgan fingerprint density at radius 2 is 2.12 bits per heavy atom. The summed E-state index contributed by atoms with van der Waals surface area (Å²) in [5.74, 6) is 0.694. The van der Waals surface area contributed by atoms with Crippen molar-refractivity contribution >= 4 is 17.0 Å². The minimum atomic E-state index is -1.00. The largest absolute Gasteiger partial charge is 0.611 e. The standard InChI is InChI=1S/C13H17NO2S/c1-3-17(16)12-8-9(2)14-13-10(12)6-4-5-7-11(13)15/h8H,3-7H2,1-2H3. The zero-order valence-electron chi connectivity index (χ0n) is 10.3. The second-order valence-corrected chi connectivity index (χ2v) is 6.06. The first-order valence-corrected chi connectivity index (χ1v) is 7.37. The van der Waals surface area contributed by atoms with Crippen LogP contribution in [0.25, 0.3) is 0 Å². The highest BCUT2D eigenvalue weighted by Crippen LogP contribution is 2.27. The second-order valence-electron chi connectivity index (χ2n) is 4.35. The lowest BCUT2D eigenvalue weighted by Gasteiger charge is -2.14. The summed E-state index contributed by atoms with van der Waals surface area (Å²) in [5.41, 5.74) is 2.29. The molecule has 0 aromatic carbocycles. The zero-order valence-corrected chi connectivity index (χ0v) is 11.1. The number of nitrogens with zero attached hydrogens (tertiary/aromatic N) is 1. The van der Waals surface area contributed by atoms with Crippen LogP contribution in [0.15, 0.2) is 11.0 Å². The van der Waals surface area contributed by atoms with Crippen LogP contribution in [-0.4, -0.2) is 21.1 Å². The van der Waals surface area contributed by atoms with Crippen molar-refractivity contribution in [3.8, 4) is 0 Å². The fraction of sp³-hybridized carbons (Fsp3) is 0.538. The van der Waals surface area contributed by atoms with Crippen molar-refractivity contribution < 1.29 is 9.35 Å². The lowest BCUT2D eigenvalue weighted by atomic mass is 10.1. The lowest BCUT2D eigenvalue weighted by Crippen LogP contribution is -2.13. The normalized spacial score (nSPS) is 17.5. The molecule has 0 radical (unpaired) electrons. The van der Waals surface area contributed by atoms with Gasteiger partial charge < -0.3 is 4.55 Å². The maximum atomic E-state index is 12.0. The average molecular weight is 251 g/mol. The van der Waals surface area contributed by atoms with E-state index >= 15 is 0 Å². The van der Waals surface area contributed by atoms with E-state index in [4.69, 9.17) is 0 Å². The topological polar surface area (TPSA) is 53.0 Å². The minimum absolute atomic E-state index is 0.107. The van der Waals surface area contributed by atoms with E-state index in [0.29, 0.717) is 17.9 Å². The molecular weight excluding hydrogens is 234 g/mol. The average Bonchev–Trinajstić information content (AvgIpc) is 2.50. The molecule has 1 aliphatic carbocycles. The van der Waals surface area contributed by atoms with Crippen LogP contribution in [0.1, 0.15) is 47.9 Å². The Morgan fingerprint density at radius 3 is 2.82 bits per heavy atom. The molecule has 1 aliphatic rings. The van der Waals surface area contributed by atoms with Gasteiger partial charge in [0.05, 0.1) is 0 Å². The summed E-state index contributed by atoms with van der Waals surface area (Å²) in [6, 6.07) is 1.87. The van der Waals surface area contributed by atoms with Crippen LogP contribution in [-0.2, 0) is 17.6 Å². The third kappa shape index (κ3) is 2.53. The molecule has 0 bridgehead atoms. The minimum Gasteiger partial charge on any atom is -0.611 e. The molecule has 17 heavy (non-hydrogen) atoms. The van der Waals surface area contributed by atoms with Crippen molar-refractivity contribution in [3.05, 3.63) is 23.0 Å². The maximum Gasteiger partial charge on any atom is 0.181 e. The first-order valence-electron chi connectivity index (χ1n) is 6.05. The molecule has 1 aromatic heterocycles. The van der Waals surface area contributed by atoms with Gasteiger partial charge in [-0.25, -0.2) is 4.98 Å². The van der Waals surface area contributed by atoms with Crippen LogP contribution in [0.3, 0.4) is 0 Å². The van der Waals surface area contributed by atoms with Crippen molar-refractivity contribution in [3.63, 3.8) is 0 Å². The molecule has 1 heterocycles. The number of carbonyl (C=O) groups is 1. The van der Waals surface area contributed by atoms with Crippen molar-refractivity contribution in [2.24, 2.45) is 0 Å². The number of hydrogen-bond donors (Lipinski definition) is 0. The molecular formula is C13H17NO2S. The first kappa shape index (κ1) is 12.6. The van der Waals surface area contributed by atoms with Gasteiger partial charge in [0.2, 0.25) is 0 Å². The molecule has 92 valence electrons. The van der Waals surface area contributed by atoms with Gasteiger partial charge in [0.15, 0.2) is 10.7 Å². The molecule has 0 fully saturated rings. The number of fused-ring (bicyclic) bond motifs is 1. The molecule has 0 saturated heterocycles. The monoisotopic (exact) mass is 251 g/mol. The van der Waals surface area contributed by atoms with Crippen LogP contribution in [0.5, 0.6) is 0 Å². The summed E-state index contributed by atoms with van der Waals surface area (Å²) >= 11 is -1.00. The van der Waals surface area contributed by atoms with Crippen molar-refractivity contribution in [1.29, 1.82) is 0 Å². The van der Waals surface area contributed by atoms with Crippen LogP contribution in [0.2, 0.25) is 0 Å². The summed E-state index contributed by atoms with van der Waals surface area (Å²) in [6.07, 6.45) is 3.29. The van der Waals surface area contributed by atoms with Gasteiger partial charge in [0, 0.05) is 23.7 Å². The Balaban J connectivity index is 2.57. The van der Waals surface area contributed by atoms with Gasteiger partial charge in [-0.2, -0.15) is 0 Å². The van der Waals surface area contributed by atoms with Gasteiger partial charge in [-0.15, -0.1) is 0 Å². The number of rotatable bonds is 2. The predicted octanol–water partition coefficient (Wildman–Crippen LogP) is 2.43. The molecule has 0 saturated carbocycles. The van der Waals surface area contributed by atoms with Crippen molar-refractivity contribution in [2.45, 2.75) is 44.4 Å². The van der Waals surface area contributed by atoms with Gasteiger partial charge in [-0.3, -0.25) is 4.79 Å². The van der Waals surface area contributed by atoms with E-state index in [9.17, 15) is 9.35 Å². The van der Waals surface area contributed by atoms with E-state index in [2.05, 4.69) is 4.98 Å². The lowest BCUT2D eigenvalue weighted by molar-refractivity contribution is 0.0977. The summed E-state index contributed by atoms with van der Waals surface area (Å²) in [7, 11) is 0. The van der Waals surface area contributed by atoms with Crippen LogP contribution in [0.4, 0.5) is 0 Å². The first-order chi connectivity index (χ1) is 8.13. The molecule has 4 heteroatoms. The van der Waals surface area contributed by atoms with Crippen molar-refractivity contribution in [1.82, 2.24) is 4.98 Å². The predicted molar refractivity (Wildman–Crippen MR) is 67.8 cm³/mol. The Hall–Kier alpha value is -0.870. The summed E-state index contributed by atoms with van der Waals surface area (Å²) in [4.78, 5) is 17.1. The van der Waals surface area contributed by atoms with E-state index in [1.54, 1.807) is 0 Å². The molecule has 1 aromatic rings. The molecule has 0 amide bonds. The fourth-order valence-electron chi connectivity index (χ4n) is 2.21. The van der Waals surface area contributed by atoms with Gasteiger partial charge >= 0.3 is 0 Å². The number of aromatic nitrogens is 1. The number of hydrogen-bond acceptors (Lipinski definition) is 3.